The molecule has 0 bridgehead atoms. The van der Waals surface area contributed by atoms with Crippen LogP contribution in [0.2, 0.25) is 0 Å². The van der Waals surface area contributed by atoms with Crippen molar-refractivity contribution in [3.05, 3.63) is 66.5 Å². The van der Waals surface area contributed by atoms with E-state index in [0.717, 1.165) is 11.3 Å². The van der Waals surface area contributed by atoms with Gasteiger partial charge in [-0.2, -0.15) is 10.2 Å². The molecular formula is C24H26FN7O2. The van der Waals surface area contributed by atoms with Crippen molar-refractivity contribution in [2.24, 2.45) is 14.1 Å². The van der Waals surface area contributed by atoms with E-state index in [9.17, 15) is 9.18 Å². The number of benzene rings is 1. The molecule has 0 unspecified atom stereocenters. The second-order valence-electron chi connectivity index (χ2n) is 8.89. The first-order valence-corrected chi connectivity index (χ1v) is 10.6. The minimum absolute atomic E-state index is 0.0221. The van der Waals surface area contributed by atoms with Gasteiger partial charge in [-0.1, -0.05) is 20.8 Å². The summed E-state index contributed by atoms with van der Waals surface area (Å²) in [5.41, 5.74) is 2.22. The molecule has 2 N–H and O–H groups in total. The number of pyridine rings is 1. The first-order valence-electron chi connectivity index (χ1n) is 10.6. The first-order chi connectivity index (χ1) is 16.1. The number of halogens is 1. The van der Waals surface area contributed by atoms with Gasteiger partial charge in [-0.05, 0) is 18.2 Å². The number of aromatic nitrogens is 5. The van der Waals surface area contributed by atoms with E-state index in [4.69, 9.17) is 4.74 Å². The maximum Gasteiger partial charge on any atom is 0.324 e. The fraction of sp³-hybridized carbons (Fsp3) is 0.250. The fourth-order valence-electron chi connectivity index (χ4n) is 3.20. The van der Waals surface area contributed by atoms with E-state index in [1.54, 1.807) is 53.1 Å². The van der Waals surface area contributed by atoms with Crippen LogP contribution >= 0.6 is 0 Å². The molecule has 0 radical (unpaired) electrons. The number of ether oxygens (including phenoxy) is 1. The van der Waals surface area contributed by atoms with E-state index < -0.39 is 11.8 Å². The second-order valence-corrected chi connectivity index (χ2v) is 8.89. The fourth-order valence-corrected chi connectivity index (χ4v) is 3.20. The minimum atomic E-state index is -0.630. The van der Waals surface area contributed by atoms with Crippen LogP contribution in [0.4, 0.5) is 20.7 Å². The molecule has 0 saturated heterocycles. The van der Waals surface area contributed by atoms with E-state index in [1.165, 1.54) is 12.1 Å². The van der Waals surface area contributed by atoms with Gasteiger partial charge in [-0.15, -0.1) is 0 Å². The Morgan fingerprint density at radius 1 is 1.06 bits per heavy atom. The zero-order valence-corrected chi connectivity index (χ0v) is 19.6. The highest BCUT2D eigenvalue weighted by Gasteiger charge is 2.20. The standard InChI is InChI=1S/C24H26FN7O2/c1-24(2,3)21-12-22(32(5)30-21)29-23(33)28-19-7-6-16(10-18(19)25)34-17-8-9-26-20(11-17)15-13-27-31(4)14-15/h6-14H,1-5H3,(H2,28,29,33). The molecule has 34 heavy (non-hydrogen) atoms. The van der Waals surface area contributed by atoms with Crippen molar-refractivity contribution in [3.63, 3.8) is 0 Å². The van der Waals surface area contributed by atoms with Gasteiger partial charge in [0.05, 0.1) is 23.3 Å². The van der Waals surface area contributed by atoms with Crippen molar-refractivity contribution in [3.8, 4) is 22.8 Å². The number of hydrogen-bond acceptors (Lipinski definition) is 5. The lowest BCUT2D eigenvalue weighted by Gasteiger charge is -2.13. The summed E-state index contributed by atoms with van der Waals surface area (Å²) < 4.78 is 23.7. The molecule has 0 atom stereocenters. The van der Waals surface area contributed by atoms with Gasteiger partial charge in [0.25, 0.3) is 0 Å². The molecule has 0 aliphatic rings. The Hall–Kier alpha value is -4.21. The molecule has 4 aromatic rings. The van der Waals surface area contributed by atoms with Gasteiger partial charge in [-0.25, -0.2) is 9.18 Å². The third-order valence-electron chi connectivity index (χ3n) is 5.05. The van der Waals surface area contributed by atoms with Gasteiger partial charge in [0.1, 0.15) is 23.1 Å². The van der Waals surface area contributed by atoms with E-state index in [2.05, 4.69) is 25.8 Å². The highest BCUT2D eigenvalue weighted by molar-refractivity contribution is 5.99. The third-order valence-corrected chi connectivity index (χ3v) is 5.05. The Bertz CT molecular complexity index is 1340. The number of nitrogens with one attached hydrogen (secondary N) is 2. The zero-order valence-electron chi connectivity index (χ0n) is 19.6. The smallest absolute Gasteiger partial charge is 0.324 e. The predicted octanol–water partition coefficient (Wildman–Crippen LogP) is 5.09. The average molecular weight is 464 g/mol. The Kier molecular flexibility index (Phi) is 6.06. The predicted molar refractivity (Wildman–Crippen MR) is 127 cm³/mol. The highest BCUT2D eigenvalue weighted by Crippen LogP contribution is 2.28. The maximum atomic E-state index is 14.7. The lowest BCUT2D eigenvalue weighted by Crippen LogP contribution is -2.21. The molecule has 0 fully saturated rings. The third kappa shape index (κ3) is 5.22. The number of aryl methyl sites for hydroxylation is 2. The van der Waals surface area contributed by atoms with Crippen LogP contribution in [0.5, 0.6) is 11.5 Å². The summed E-state index contributed by atoms with van der Waals surface area (Å²) >= 11 is 0. The number of urea groups is 1. The Morgan fingerprint density at radius 3 is 2.47 bits per heavy atom. The van der Waals surface area contributed by atoms with E-state index in [1.807, 2.05) is 34.0 Å². The monoisotopic (exact) mass is 463 g/mol. The van der Waals surface area contributed by atoms with Crippen LogP contribution in [0, 0.1) is 5.82 Å². The highest BCUT2D eigenvalue weighted by atomic mass is 19.1. The second kappa shape index (κ2) is 8.97. The average Bonchev–Trinajstić information content (AvgIpc) is 3.36. The number of hydrogen-bond donors (Lipinski definition) is 2. The summed E-state index contributed by atoms with van der Waals surface area (Å²) in [5, 5.41) is 13.8. The molecule has 176 valence electrons. The molecule has 9 nitrogen and oxygen atoms in total. The molecule has 0 aliphatic carbocycles. The van der Waals surface area contributed by atoms with Crippen LogP contribution in [0.1, 0.15) is 26.5 Å². The van der Waals surface area contributed by atoms with Crippen LogP contribution in [-0.4, -0.2) is 30.6 Å². The SMILES string of the molecule is Cn1cc(-c2cc(Oc3ccc(NC(=O)Nc4cc(C(C)(C)C)nn4C)c(F)c3)ccn2)cn1. The molecule has 3 heterocycles. The normalized spacial score (nSPS) is 11.4. The van der Waals surface area contributed by atoms with Crippen molar-refractivity contribution in [1.82, 2.24) is 24.5 Å². The summed E-state index contributed by atoms with van der Waals surface area (Å²) in [6.07, 6.45) is 5.15. The van der Waals surface area contributed by atoms with Gasteiger partial charge in [-0.3, -0.25) is 19.7 Å². The van der Waals surface area contributed by atoms with Crippen molar-refractivity contribution < 1.29 is 13.9 Å². The summed E-state index contributed by atoms with van der Waals surface area (Å²) in [6, 6.07) is 8.86. The number of amides is 2. The minimum Gasteiger partial charge on any atom is -0.457 e. The molecule has 0 saturated carbocycles. The molecule has 0 aliphatic heterocycles. The summed E-state index contributed by atoms with van der Waals surface area (Å²) in [7, 11) is 3.55. The summed E-state index contributed by atoms with van der Waals surface area (Å²) in [5.74, 6) is 0.658. The van der Waals surface area contributed by atoms with Gasteiger partial charge >= 0.3 is 6.03 Å². The molecule has 0 spiro atoms. The van der Waals surface area contributed by atoms with Crippen LogP contribution < -0.4 is 15.4 Å². The van der Waals surface area contributed by atoms with E-state index >= 15 is 0 Å². The maximum absolute atomic E-state index is 14.7. The molecule has 2 amide bonds. The van der Waals surface area contributed by atoms with Gasteiger partial charge in [0.2, 0.25) is 0 Å². The first kappa shape index (κ1) is 23.0. The molecule has 10 heteroatoms. The zero-order chi connectivity index (χ0) is 24.5. The Balaban J connectivity index is 1.43. The van der Waals surface area contributed by atoms with Crippen molar-refractivity contribution >= 4 is 17.5 Å². The number of carbonyl (C=O) groups excluding carboxylic acids is 1. The number of anilines is 2. The summed E-state index contributed by atoms with van der Waals surface area (Å²) in [4.78, 5) is 16.7. The van der Waals surface area contributed by atoms with Gasteiger partial charge < -0.3 is 10.1 Å². The van der Waals surface area contributed by atoms with Crippen molar-refractivity contribution in [2.75, 3.05) is 10.6 Å². The Labute approximate surface area is 196 Å². The quantitative estimate of drug-likeness (QED) is 0.430. The molecule has 4 rings (SSSR count). The van der Waals surface area contributed by atoms with Crippen LogP contribution in [-0.2, 0) is 19.5 Å². The van der Waals surface area contributed by atoms with Crippen LogP contribution in [0.25, 0.3) is 11.3 Å². The molecular weight excluding hydrogens is 437 g/mol. The largest absolute Gasteiger partial charge is 0.457 e. The van der Waals surface area contributed by atoms with Gasteiger partial charge in [0.15, 0.2) is 0 Å². The Morgan fingerprint density at radius 2 is 1.82 bits per heavy atom. The topological polar surface area (TPSA) is 98.9 Å². The van der Waals surface area contributed by atoms with Crippen molar-refractivity contribution in [2.45, 2.75) is 26.2 Å². The number of carbonyl (C=O) groups is 1. The van der Waals surface area contributed by atoms with Crippen LogP contribution in [0.15, 0.2) is 55.0 Å². The van der Waals surface area contributed by atoms with E-state index in [0.29, 0.717) is 17.3 Å². The lowest BCUT2D eigenvalue weighted by atomic mass is 9.92. The van der Waals surface area contributed by atoms with Crippen LogP contribution in [0.3, 0.4) is 0 Å². The van der Waals surface area contributed by atoms with Gasteiger partial charge in [0, 0.05) is 55.7 Å². The summed E-state index contributed by atoms with van der Waals surface area (Å²) in [6.45, 7) is 6.09. The number of nitrogens with zero attached hydrogens (tertiary/aromatic N) is 5. The van der Waals surface area contributed by atoms with E-state index in [-0.39, 0.29) is 16.9 Å². The lowest BCUT2D eigenvalue weighted by molar-refractivity contribution is 0.262. The number of rotatable bonds is 5. The molecule has 1 aromatic carbocycles. The molecule has 3 aromatic heterocycles. The van der Waals surface area contributed by atoms with Crippen molar-refractivity contribution in [1.29, 1.82) is 0 Å².